The van der Waals surface area contributed by atoms with Crippen LogP contribution in [-0.4, -0.2) is 51.8 Å². The Bertz CT molecular complexity index is 636. The highest BCUT2D eigenvalue weighted by atomic mass is 32.2. The maximum atomic E-state index is 11.7. The third-order valence-corrected chi connectivity index (χ3v) is 7.41. The van der Waals surface area contributed by atoms with Crippen LogP contribution in [0.2, 0.25) is 0 Å². The van der Waals surface area contributed by atoms with Crippen molar-refractivity contribution in [3.05, 3.63) is 29.8 Å². The average molecular weight is 385 g/mol. The molecule has 0 N–H and O–H groups in total. The van der Waals surface area contributed by atoms with Gasteiger partial charge in [0.05, 0.1) is 12.4 Å². The fraction of sp³-hybridized carbons (Fsp3) is 0.684. The minimum absolute atomic E-state index is 0.220. The number of ether oxygens (including phenoxy) is 2. The van der Waals surface area contributed by atoms with Gasteiger partial charge in [-0.3, -0.25) is 0 Å². The van der Waals surface area contributed by atoms with E-state index in [0.717, 1.165) is 49.7 Å². The Morgan fingerprint density at radius 2 is 1.84 bits per heavy atom. The van der Waals surface area contributed by atoms with Crippen LogP contribution in [0, 0.1) is 11.8 Å². The van der Waals surface area contributed by atoms with Gasteiger partial charge in [0.2, 0.25) is 0 Å². The van der Waals surface area contributed by atoms with Gasteiger partial charge in [-0.15, -0.1) is 0 Å². The Kier molecular flexibility index (Phi) is 6.69. The molecule has 25 heavy (non-hydrogen) atoms. The van der Waals surface area contributed by atoms with Crippen LogP contribution < -0.4 is 4.74 Å². The molecule has 2 saturated heterocycles. The topological polar surface area (TPSA) is 52.6 Å². The molecule has 0 amide bonds. The van der Waals surface area contributed by atoms with E-state index < -0.39 is 9.84 Å². The van der Waals surface area contributed by atoms with Crippen molar-refractivity contribution in [2.75, 3.05) is 43.3 Å². The first-order valence-corrected chi connectivity index (χ1v) is 12.3. The number of benzene rings is 1. The first-order valence-electron chi connectivity index (χ1n) is 9.07. The van der Waals surface area contributed by atoms with E-state index in [1.165, 1.54) is 11.8 Å². The first kappa shape index (κ1) is 19.1. The summed E-state index contributed by atoms with van der Waals surface area (Å²) in [7, 11) is -2.93. The van der Waals surface area contributed by atoms with Crippen molar-refractivity contribution in [3.8, 4) is 5.75 Å². The highest BCUT2D eigenvalue weighted by Gasteiger charge is 2.29. The van der Waals surface area contributed by atoms with E-state index in [2.05, 4.69) is 12.1 Å². The zero-order chi connectivity index (χ0) is 17.7. The summed E-state index contributed by atoms with van der Waals surface area (Å²) in [5.74, 6) is 4.32. The number of rotatable bonds is 6. The monoisotopic (exact) mass is 384 g/mol. The summed E-state index contributed by atoms with van der Waals surface area (Å²) in [6, 6.07) is 8.42. The Morgan fingerprint density at radius 3 is 2.52 bits per heavy atom. The summed E-state index contributed by atoms with van der Waals surface area (Å²) >= 11 is 1.90. The molecule has 2 fully saturated rings. The van der Waals surface area contributed by atoms with Crippen LogP contribution >= 0.6 is 11.8 Å². The van der Waals surface area contributed by atoms with Crippen molar-refractivity contribution < 1.29 is 17.9 Å². The number of sulfone groups is 1. The Morgan fingerprint density at radius 1 is 1.12 bits per heavy atom. The zero-order valence-corrected chi connectivity index (χ0v) is 16.5. The number of hydrogen-bond donors (Lipinski definition) is 0. The minimum Gasteiger partial charge on any atom is -0.493 e. The fourth-order valence-corrected chi connectivity index (χ4v) is 6.23. The van der Waals surface area contributed by atoms with Crippen LogP contribution in [0.4, 0.5) is 0 Å². The smallest absolute Gasteiger partial charge is 0.147 e. The van der Waals surface area contributed by atoms with Crippen LogP contribution in [0.25, 0.3) is 0 Å². The van der Waals surface area contributed by atoms with Crippen LogP contribution in [0.15, 0.2) is 24.3 Å². The maximum absolute atomic E-state index is 11.7. The molecule has 1 aromatic rings. The normalized spacial score (nSPS) is 25.6. The van der Waals surface area contributed by atoms with Crippen LogP contribution in [0.3, 0.4) is 0 Å². The van der Waals surface area contributed by atoms with E-state index in [1.807, 2.05) is 23.9 Å². The van der Waals surface area contributed by atoms with E-state index >= 15 is 0 Å². The lowest BCUT2D eigenvalue weighted by molar-refractivity contribution is 0.0853. The lowest BCUT2D eigenvalue weighted by Gasteiger charge is -2.30. The summed E-state index contributed by atoms with van der Waals surface area (Å²) < 4.78 is 34.7. The second-order valence-corrected chi connectivity index (χ2v) is 10.6. The van der Waals surface area contributed by atoms with E-state index in [0.29, 0.717) is 18.4 Å². The molecular formula is C19H28O4S2. The van der Waals surface area contributed by atoms with Gasteiger partial charge in [0.25, 0.3) is 0 Å². The Hall–Kier alpha value is -0.720. The van der Waals surface area contributed by atoms with Crippen molar-refractivity contribution in [3.63, 3.8) is 0 Å². The molecule has 0 aromatic heterocycles. The fourth-order valence-electron chi connectivity index (χ4n) is 3.70. The van der Waals surface area contributed by atoms with Gasteiger partial charge in [0.15, 0.2) is 0 Å². The largest absolute Gasteiger partial charge is 0.493 e. The van der Waals surface area contributed by atoms with Gasteiger partial charge in [-0.05, 0) is 60.3 Å². The summed E-state index contributed by atoms with van der Waals surface area (Å²) in [5, 5.41) is 0. The highest BCUT2D eigenvalue weighted by Crippen LogP contribution is 2.31. The molecule has 6 heteroatoms. The third-order valence-electron chi connectivity index (χ3n) is 5.19. The molecule has 2 heterocycles. The van der Waals surface area contributed by atoms with Gasteiger partial charge in [-0.25, -0.2) is 8.42 Å². The van der Waals surface area contributed by atoms with Crippen LogP contribution in [0.5, 0.6) is 5.75 Å². The average Bonchev–Trinajstić information content (AvgIpc) is 2.61. The highest BCUT2D eigenvalue weighted by molar-refractivity contribution is 7.99. The molecule has 2 atom stereocenters. The van der Waals surface area contributed by atoms with Crippen molar-refractivity contribution in [1.82, 2.24) is 0 Å². The van der Waals surface area contributed by atoms with E-state index in [4.69, 9.17) is 9.47 Å². The minimum atomic E-state index is -2.93. The third kappa shape index (κ3) is 5.90. The lowest BCUT2D eigenvalue weighted by atomic mass is 9.92. The van der Waals surface area contributed by atoms with Crippen molar-refractivity contribution in [1.29, 1.82) is 0 Å². The second kappa shape index (κ2) is 8.78. The maximum Gasteiger partial charge on any atom is 0.147 e. The van der Waals surface area contributed by atoms with Crippen LogP contribution in [-0.2, 0) is 14.6 Å². The predicted octanol–water partition coefficient (Wildman–Crippen LogP) is 3.37. The van der Waals surface area contributed by atoms with E-state index in [9.17, 15) is 8.42 Å². The van der Waals surface area contributed by atoms with Crippen molar-refractivity contribution in [2.24, 2.45) is 11.8 Å². The lowest BCUT2D eigenvalue weighted by Crippen LogP contribution is -2.32. The molecule has 4 nitrogen and oxygen atoms in total. The predicted molar refractivity (Wildman–Crippen MR) is 103 cm³/mol. The molecule has 0 bridgehead atoms. The molecule has 0 radical (unpaired) electrons. The van der Waals surface area contributed by atoms with Crippen molar-refractivity contribution >= 4 is 21.6 Å². The summed E-state index contributed by atoms with van der Waals surface area (Å²) in [6.45, 7) is 2.30. The second-order valence-electron chi connectivity index (χ2n) is 7.24. The Labute approximate surface area is 155 Å². The molecule has 1 unspecified atom stereocenters. The van der Waals surface area contributed by atoms with Gasteiger partial charge in [-0.2, -0.15) is 11.8 Å². The van der Waals surface area contributed by atoms with Gasteiger partial charge in [-0.1, -0.05) is 12.1 Å². The number of thioether (sulfide) groups is 1. The van der Waals surface area contributed by atoms with Crippen molar-refractivity contribution in [2.45, 2.75) is 25.2 Å². The Balaban J connectivity index is 1.54. The molecule has 1 aromatic carbocycles. The van der Waals surface area contributed by atoms with E-state index in [-0.39, 0.29) is 11.7 Å². The summed E-state index contributed by atoms with van der Waals surface area (Å²) in [6.07, 6.45) is 4.48. The van der Waals surface area contributed by atoms with Gasteiger partial charge >= 0.3 is 0 Å². The quantitative estimate of drug-likeness (QED) is 0.753. The summed E-state index contributed by atoms with van der Waals surface area (Å²) in [5.41, 5.74) is 1.36. The van der Waals surface area contributed by atoms with Crippen LogP contribution in [0.1, 0.15) is 30.7 Å². The van der Waals surface area contributed by atoms with Gasteiger partial charge < -0.3 is 9.47 Å². The molecule has 0 spiro atoms. The standard InChI is InChI=1S/C19H28O4S2/c1-25(20,21)14-17-8-11-24-13-18(17)12-23-19-4-2-15(3-5-19)16-6-9-22-10-7-16/h2-5,16-18H,6-14H2,1H3/t17?,18-/m0/s1. The van der Waals surface area contributed by atoms with E-state index in [1.54, 1.807) is 0 Å². The SMILES string of the molecule is CS(=O)(=O)CC1CCSC[C@@H]1COc1ccc(C2CCOCC2)cc1. The molecule has 2 aliphatic rings. The van der Waals surface area contributed by atoms with Gasteiger partial charge in [0, 0.05) is 25.4 Å². The molecule has 140 valence electrons. The molecule has 0 aliphatic carbocycles. The first-order chi connectivity index (χ1) is 12.0. The molecule has 2 aliphatic heterocycles. The zero-order valence-electron chi connectivity index (χ0n) is 14.9. The molecule has 3 rings (SSSR count). The summed E-state index contributed by atoms with van der Waals surface area (Å²) in [4.78, 5) is 0. The van der Waals surface area contributed by atoms with Gasteiger partial charge in [0.1, 0.15) is 15.6 Å². The number of hydrogen-bond acceptors (Lipinski definition) is 5. The molecular weight excluding hydrogens is 356 g/mol. The molecule has 0 saturated carbocycles.